The number of ether oxygens (including phenoxy) is 4. The highest BCUT2D eigenvalue weighted by Crippen LogP contribution is 2.62. The van der Waals surface area contributed by atoms with Gasteiger partial charge in [-0.25, -0.2) is 35.6 Å². The average molecular weight is 1150 g/mol. The van der Waals surface area contributed by atoms with Crippen LogP contribution in [-0.4, -0.2) is 137 Å². The molecule has 4 aromatic rings. The highest BCUT2D eigenvalue weighted by atomic mass is 32.2. The Kier molecular flexibility index (Phi) is 22.1. The predicted octanol–water partition coefficient (Wildman–Crippen LogP) is 6.09. The fourth-order valence-corrected chi connectivity index (χ4v) is 14.2. The predicted molar refractivity (Wildman–Crippen MR) is 285 cm³/mol. The van der Waals surface area contributed by atoms with Crippen LogP contribution >= 0.6 is 15.6 Å². The van der Waals surface area contributed by atoms with Crippen molar-refractivity contribution in [3.8, 4) is 0 Å². The summed E-state index contributed by atoms with van der Waals surface area (Å²) in [5, 5.41) is 5.32. The lowest BCUT2D eigenvalue weighted by Gasteiger charge is -2.35. The molecule has 4 aromatic carbocycles. The molecule has 0 saturated carbocycles. The van der Waals surface area contributed by atoms with Crippen LogP contribution in [0.15, 0.2) is 119 Å². The average Bonchev–Trinajstić information content (AvgIpc) is 4.08. The zero-order valence-corrected chi connectivity index (χ0v) is 46.7. The number of nitrogens with two attached hydrogens (primary N) is 2. The molecule has 424 valence electrons. The first kappa shape index (κ1) is 61.2. The van der Waals surface area contributed by atoms with Gasteiger partial charge in [0.05, 0.1) is 48.3 Å². The molecule has 77 heavy (non-hydrogen) atoms. The van der Waals surface area contributed by atoms with Crippen molar-refractivity contribution in [2.24, 2.45) is 11.8 Å². The number of phosphoric ester groups is 2. The van der Waals surface area contributed by atoms with Crippen molar-refractivity contribution in [3.05, 3.63) is 120 Å². The Bertz CT molecular complexity index is 2660. The Morgan fingerprint density at radius 3 is 1.26 bits per heavy atom. The summed E-state index contributed by atoms with van der Waals surface area (Å²) in [5.41, 5.74) is 13.4. The van der Waals surface area contributed by atoms with Crippen molar-refractivity contribution < 1.29 is 77.6 Å². The van der Waals surface area contributed by atoms with Gasteiger partial charge in [-0.1, -0.05) is 88.4 Å². The summed E-state index contributed by atoms with van der Waals surface area (Å²) >= 11 is 0. The topological polar surface area (TPSA) is 324 Å². The lowest BCUT2D eigenvalue weighted by atomic mass is 10.0. The first-order chi connectivity index (χ1) is 36.4. The minimum Gasteiger partial charge on any atom is -0.444 e. The van der Waals surface area contributed by atoms with Gasteiger partial charge < -0.3 is 50.8 Å². The fraction of sp³-hybridized carbons (Fsp3) is 0.480. The van der Waals surface area contributed by atoms with E-state index in [-0.39, 0.29) is 72.1 Å². The molecule has 0 radical (unpaired) electrons. The Balaban J connectivity index is 1.41. The van der Waals surface area contributed by atoms with Gasteiger partial charge in [0.25, 0.3) is 0 Å². The normalized spacial score (nSPS) is 19.3. The third-order valence-corrected chi connectivity index (χ3v) is 18.5. The van der Waals surface area contributed by atoms with Crippen LogP contribution in [0.1, 0.15) is 51.7 Å². The van der Waals surface area contributed by atoms with Crippen LogP contribution in [0.2, 0.25) is 0 Å². The summed E-state index contributed by atoms with van der Waals surface area (Å²) < 4.78 is 128. The van der Waals surface area contributed by atoms with Gasteiger partial charge in [0, 0.05) is 50.4 Å². The van der Waals surface area contributed by atoms with Gasteiger partial charge in [0.1, 0.15) is 24.4 Å². The Hall–Kier alpha value is -4.98. The maximum atomic E-state index is 14.6. The number of benzene rings is 4. The van der Waals surface area contributed by atoms with Gasteiger partial charge in [0.2, 0.25) is 20.0 Å². The van der Waals surface area contributed by atoms with Crippen LogP contribution in [-0.2, 0) is 74.3 Å². The zero-order valence-electron chi connectivity index (χ0n) is 43.3. The van der Waals surface area contributed by atoms with Crippen molar-refractivity contribution in [2.45, 2.75) is 99.7 Å². The monoisotopic (exact) mass is 1150 g/mol. The van der Waals surface area contributed by atoms with E-state index in [1.807, 2.05) is 0 Å². The second-order valence-electron chi connectivity index (χ2n) is 19.5. The van der Waals surface area contributed by atoms with E-state index < -0.39 is 97.5 Å². The molecule has 2 aliphatic rings. The molecule has 2 saturated heterocycles. The number of anilines is 2. The fourth-order valence-electron chi connectivity index (χ4n) is 8.49. The first-order valence-electron chi connectivity index (χ1n) is 25.0. The van der Waals surface area contributed by atoms with Crippen molar-refractivity contribution in [1.29, 1.82) is 0 Å². The van der Waals surface area contributed by atoms with E-state index >= 15 is 0 Å². The standard InChI is InChI=1S/C50H70N6O17P2S2/c1-35(2)29-55(76(63,64)43-19-15-39(51)16-20-43)31-47(45(27-37-11-7-5-8-12-37)53-49(57)69-41-23-25-67-33-41)71-74(59,60)73-75(61,62)72-48(32-56(30-36(3)4)77(65,66)44-21-17-40(52)18-22-44)46(28-38-13-9-6-10-14-38)54-50(58)70-42-24-26-68-34-42/h5-22,35-36,41-42,45-48H,23-34,51-52H2,1-4H3,(H,53,57)(H,54,58)(H,59,60)(H,61,62). The minimum atomic E-state index is -6.02. The van der Waals surface area contributed by atoms with Crippen LogP contribution in [0.4, 0.5) is 21.0 Å². The molecule has 8 unspecified atom stereocenters. The Labute approximate surface area is 450 Å². The lowest BCUT2D eigenvalue weighted by Crippen LogP contribution is -2.52. The summed E-state index contributed by atoms with van der Waals surface area (Å²) in [4.78, 5) is 50.5. The van der Waals surface area contributed by atoms with Crippen molar-refractivity contribution in [3.63, 3.8) is 0 Å². The Morgan fingerprint density at radius 1 is 0.597 bits per heavy atom. The second kappa shape index (κ2) is 27.7. The van der Waals surface area contributed by atoms with Crippen LogP contribution in [0, 0.1) is 11.8 Å². The molecule has 23 nitrogen and oxygen atoms in total. The summed E-state index contributed by atoms with van der Waals surface area (Å²) in [6.07, 6.45) is -6.76. The molecule has 2 fully saturated rings. The van der Waals surface area contributed by atoms with Gasteiger partial charge in [-0.05, 0) is 84.3 Å². The van der Waals surface area contributed by atoms with E-state index in [1.54, 1.807) is 88.4 Å². The largest absolute Gasteiger partial charge is 0.481 e. The van der Waals surface area contributed by atoms with E-state index in [0.717, 1.165) is 8.61 Å². The highest BCUT2D eigenvalue weighted by molar-refractivity contribution is 7.89. The summed E-state index contributed by atoms with van der Waals surface area (Å²) in [5.74, 6) is -0.736. The number of amides is 2. The number of sulfonamides is 2. The number of nitrogen functional groups attached to an aromatic ring is 2. The number of rotatable bonds is 28. The number of hydrogen-bond acceptors (Lipinski definition) is 17. The molecule has 2 heterocycles. The molecule has 6 rings (SSSR count). The van der Waals surface area contributed by atoms with Crippen molar-refractivity contribution >= 4 is 59.3 Å². The van der Waals surface area contributed by atoms with E-state index in [2.05, 4.69) is 10.6 Å². The lowest BCUT2D eigenvalue weighted by molar-refractivity contribution is 0.0474. The van der Waals surface area contributed by atoms with Gasteiger partial charge in [-0.3, -0.25) is 9.05 Å². The van der Waals surface area contributed by atoms with Gasteiger partial charge >= 0.3 is 27.8 Å². The molecular weight excluding hydrogens is 1080 g/mol. The smallest absolute Gasteiger partial charge is 0.444 e. The summed E-state index contributed by atoms with van der Waals surface area (Å²) in [6, 6.07) is 24.7. The molecule has 27 heteroatoms. The molecule has 0 bridgehead atoms. The Morgan fingerprint density at radius 2 is 0.948 bits per heavy atom. The molecule has 8 N–H and O–H groups in total. The third kappa shape index (κ3) is 19.1. The zero-order chi connectivity index (χ0) is 56.0. The van der Waals surface area contributed by atoms with E-state index in [0.29, 0.717) is 37.2 Å². The van der Waals surface area contributed by atoms with Crippen LogP contribution in [0.3, 0.4) is 0 Å². The molecule has 2 amide bonds. The van der Waals surface area contributed by atoms with Gasteiger partial charge in [-0.2, -0.15) is 12.9 Å². The number of phosphoric acid groups is 2. The molecular formula is C50H70N6O17P2S2. The quantitative estimate of drug-likeness (QED) is 0.0277. The highest BCUT2D eigenvalue weighted by Gasteiger charge is 2.45. The number of alkyl carbamates (subject to hydrolysis) is 2. The van der Waals surface area contributed by atoms with E-state index in [1.165, 1.54) is 48.5 Å². The van der Waals surface area contributed by atoms with E-state index in [9.17, 15) is 45.3 Å². The third-order valence-electron chi connectivity index (χ3n) is 12.1. The number of carbonyl (C=O) groups excluding carboxylic acids is 2. The molecule has 0 aromatic heterocycles. The SMILES string of the molecule is CC(C)CN(CC(OP(=O)(O)OP(=O)(O)OC(CN(CC(C)C)S(=O)(=O)c1ccc(N)cc1)C(Cc1ccccc1)NC(=O)OC1CCOC1)C(Cc1ccccc1)NC(=O)OC1CCOC1)S(=O)(=O)c1ccc(N)cc1. The summed E-state index contributed by atoms with van der Waals surface area (Å²) in [7, 11) is -21.0. The molecule has 0 aliphatic carbocycles. The van der Waals surface area contributed by atoms with Gasteiger partial charge in [-0.15, -0.1) is 0 Å². The summed E-state index contributed by atoms with van der Waals surface area (Å²) in [6.45, 7) is 5.77. The maximum absolute atomic E-state index is 14.6. The van der Waals surface area contributed by atoms with Crippen LogP contribution in [0.25, 0.3) is 0 Å². The maximum Gasteiger partial charge on any atom is 0.481 e. The van der Waals surface area contributed by atoms with Gasteiger partial charge in [0.15, 0.2) is 0 Å². The molecule has 2 aliphatic heterocycles. The molecule has 8 atom stereocenters. The second-order valence-corrected chi connectivity index (χ2v) is 26.4. The number of nitrogens with zero attached hydrogens (tertiary/aromatic N) is 2. The number of carbonyl (C=O) groups is 2. The number of nitrogens with one attached hydrogen (secondary N) is 2. The van der Waals surface area contributed by atoms with Crippen LogP contribution < -0.4 is 22.1 Å². The van der Waals surface area contributed by atoms with Crippen molar-refractivity contribution in [2.75, 3.05) is 64.1 Å². The van der Waals surface area contributed by atoms with E-state index in [4.69, 9.17) is 43.8 Å². The first-order valence-corrected chi connectivity index (χ1v) is 30.9. The van der Waals surface area contributed by atoms with Crippen LogP contribution in [0.5, 0.6) is 0 Å². The molecule has 0 spiro atoms. The minimum absolute atomic E-state index is 0.0894. The van der Waals surface area contributed by atoms with Crippen molar-refractivity contribution in [1.82, 2.24) is 19.2 Å². The number of hydrogen-bond donors (Lipinski definition) is 6.